The SMILES string of the molecule is CCOC(=O)NNC(=O)C1CCCN1Cc1cc(Br)ccc1OC. The summed E-state index contributed by atoms with van der Waals surface area (Å²) >= 11 is 3.46. The maximum Gasteiger partial charge on any atom is 0.426 e. The zero-order valence-corrected chi connectivity index (χ0v) is 15.4. The van der Waals surface area contributed by atoms with Crippen molar-refractivity contribution in [2.24, 2.45) is 0 Å². The Bertz CT molecular complexity index is 597. The summed E-state index contributed by atoms with van der Waals surface area (Å²) in [7, 11) is 1.63. The zero-order chi connectivity index (χ0) is 17.5. The number of hydrogen-bond donors (Lipinski definition) is 2. The molecular weight excluding hydrogens is 378 g/mol. The molecule has 1 fully saturated rings. The maximum atomic E-state index is 12.3. The molecule has 1 atom stereocenters. The molecule has 0 spiro atoms. The largest absolute Gasteiger partial charge is 0.496 e. The summed E-state index contributed by atoms with van der Waals surface area (Å²) < 4.78 is 11.1. The third kappa shape index (κ3) is 4.85. The second-order valence-corrected chi connectivity index (χ2v) is 6.34. The zero-order valence-electron chi connectivity index (χ0n) is 13.8. The van der Waals surface area contributed by atoms with E-state index in [1.54, 1.807) is 14.0 Å². The molecule has 2 rings (SSSR count). The van der Waals surface area contributed by atoms with Gasteiger partial charge in [-0.2, -0.15) is 0 Å². The van der Waals surface area contributed by atoms with Gasteiger partial charge in [-0.1, -0.05) is 15.9 Å². The molecule has 1 aromatic rings. The Labute approximate surface area is 149 Å². The van der Waals surface area contributed by atoms with Gasteiger partial charge >= 0.3 is 6.09 Å². The van der Waals surface area contributed by atoms with Crippen LogP contribution in [0, 0.1) is 0 Å². The smallest absolute Gasteiger partial charge is 0.426 e. The summed E-state index contributed by atoms with van der Waals surface area (Å²) in [5.41, 5.74) is 5.68. The Kier molecular flexibility index (Phi) is 6.86. The van der Waals surface area contributed by atoms with Gasteiger partial charge in [0.1, 0.15) is 5.75 Å². The van der Waals surface area contributed by atoms with Crippen LogP contribution in [-0.2, 0) is 16.1 Å². The Morgan fingerprint density at radius 1 is 1.38 bits per heavy atom. The molecule has 1 aliphatic rings. The van der Waals surface area contributed by atoms with Crippen molar-refractivity contribution in [2.75, 3.05) is 20.3 Å². The second kappa shape index (κ2) is 8.89. The van der Waals surface area contributed by atoms with Gasteiger partial charge in [0.2, 0.25) is 0 Å². The molecule has 7 nitrogen and oxygen atoms in total. The fourth-order valence-corrected chi connectivity index (χ4v) is 3.17. The van der Waals surface area contributed by atoms with Crippen molar-refractivity contribution in [1.29, 1.82) is 0 Å². The molecule has 0 saturated carbocycles. The number of carbonyl (C=O) groups is 2. The Hall–Kier alpha value is -1.80. The number of nitrogens with one attached hydrogen (secondary N) is 2. The standard InChI is InChI=1S/C16H22BrN3O4/c1-3-24-16(22)19-18-15(21)13-5-4-8-20(13)10-11-9-12(17)6-7-14(11)23-2/h6-7,9,13H,3-5,8,10H2,1-2H3,(H,18,21)(H,19,22). The normalized spacial score (nSPS) is 17.4. The van der Waals surface area contributed by atoms with Crippen LogP contribution in [0.25, 0.3) is 0 Å². The first kappa shape index (κ1) is 18.5. The molecular formula is C16H22BrN3O4. The highest BCUT2D eigenvalue weighted by Crippen LogP contribution is 2.27. The van der Waals surface area contributed by atoms with Gasteiger partial charge < -0.3 is 9.47 Å². The number of ether oxygens (including phenoxy) is 2. The number of rotatable bonds is 5. The quantitative estimate of drug-likeness (QED) is 0.741. The van der Waals surface area contributed by atoms with Crippen LogP contribution in [-0.4, -0.2) is 43.2 Å². The Balaban J connectivity index is 1.99. The van der Waals surface area contributed by atoms with E-state index in [-0.39, 0.29) is 18.6 Å². The lowest BCUT2D eigenvalue weighted by atomic mass is 10.1. The molecule has 1 aliphatic heterocycles. The number of hydrogen-bond acceptors (Lipinski definition) is 5. The average Bonchev–Trinajstić information content (AvgIpc) is 3.01. The minimum Gasteiger partial charge on any atom is -0.496 e. The Morgan fingerprint density at radius 2 is 2.17 bits per heavy atom. The number of amides is 2. The summed E-state index contributed by atoms with van der Waals surface area (Å²) in [5.74, 6) is 0.545. The fourth-order valence-electron chi connectivity index (χ4n) is 2.76. The van der Waals surface area contributed by atoms with Gasteiger partial charge in [0.15, 0.2) is 0 Å². The lowest BCUT2D eigenvalue weighted by Gasteiger charge is -2.24. The molecule has 1 saturated heterocycles. The highest BCUT2D eigenvalue weighted by atomic mass is 79.9. The predicted octanol–water partition coefficient (Wildman–Crippen LogP) is 2.20. The summed E-state index contributed by atoms with van der Waals surface area (Å²) in [6, 6.07) is 5.51. The summed E-state index contributed by atoms with van der Waals surface area (Å²) in [4.78, 5) is 25.7. The van der Waals surface area contributed by atoms with Gasteiger partial charge in [0, 0.05) is 16.6 Å². The molecule has 0 bridgehead atoms. The van der Waals surface area contributed by atoms with Crippen LogP contribution >= 0.6 is 15.9 Å². The van der Waals surface area contributed by atoms with Crippen LogP contribution in [0.1, 0.15) is 25.3 Å². The Morgan fingerprint density at radius 3 is 2.88 bits per heavy atom. The van der Waals surface area contributed by atoms with Gasteiger partial charge in [-0.3, -0.25) is 15.1 Å². The summed E-state index contributed by atoms with van der Waals surface area (Å²) in [6.07, 6.45) is 1.00. The van der Waals surface area contributed by atoms with Crippen molar-refractivity contribution in [1.82, 2.24) is 15.8 Å². The van der Waals surface area contributed by atoms with E-state index in [9.17, 15) is 9.59 Å². The van der Waals surface area contributed by atoms with Crippen LogP contribution in [0.15, 0.2) is 22.7 Å². The molecule has 2 N–H and O–H groups in total. The topological polar surface area (TPSA) is 79.9 Å². The van der Waals surface area contributed by atoms with E-state index in [0.29, 0.717) is 6.54 Å². The van der Waals surface area contributed by atoms with Crippen LogP contribution in [0.4, 0.5) is 4.79 Å². The highest BCUT2D eigenvalue weighted by molar-refractivity contribution is 9.10. The molecule has 2 amide bonds. The maximum absolute atomic E-state index is 12.3. The lowest BCUT2D eigenvalue weighted by molar-refractivity contribution is -0.126. The number of halogens is 1. The molecule has 0 aromatic heterocycles. The van der Waals surface area contributed by atoms with Crippen molar-refractivity contribution in [3.8, 4) is 5.75 Å². The lowest BCUT2D eigenvalue weighted by Crippen LogP contribution is -2.50. The first-order chi connectivity index (χ1) is 11.5. The van der Waals surface area contributed by atoms with Crippen molar-refractivity contribution < 1.29 is 19.1 Å². The molecule has 24 heavy (non-hydrogen) atoms. The highest BCUT2D eigenvalue weighted by Gasteiger charge is 2.31. The van der Waals surface area contributed by atoms with Crippen LogP contribution in [0.5, 0.6) is 5.75 Å². The van der Waals surface area contributed by atoms with E-state index in [2.05, 4.69) is 31.7 Å². The van der Waals surface area contributed by atoms with Crippen LogP contribution in [0.3, 0.4) is 0 Å². The van der Waals surface area contributed by atoms with Crippen LogP contribution < -0.4 is 15.6 Å². The third-order valence-corrected chi connectivity index (χ3v) is 4.34. The average molecular weight is 400 g/mol. The number of nitrogens with zero attached hydrogens (tertiary/aromatic N) is 1. The summed E-state index contributed by atoms with van der Waals surface area (Å²) in [5, 5.41) is 0. The molecule has 1 unspecified atom stereocenters. The van der Waals surface area contributed by atoms with E-state index in [0.717, 1.165) is 35.2 Å². The van der Waals surface area contributed by atoms with E-state index in [1.165, 1.54) is 0 Å². The molecule has 0 radical (unpaired) electrons. The number of hydrazine groups is 1. The molecule has 0 aliphatic carbocycles. The monoisotopic (exact) mass is 399 g/mol. The minimum absolute atomic E-state index is 0.241. The van der Waals surface area contributed by atoms with E-state index in [1.807, 2.05) is 18.2 Å². The van der Waals surface area contributed by atoms with Crippen LogP contribution in [0.2, 0.25) is 0 Å². The molecule has 1 aromatic carbocycles. The first-order valence-corrected chi connectivity index (χ1v) is 8.63. The van der Waals surface area contributed by atoms with Gasteiger partial charge in [0.05, 0.1) is 19.8 Å². The first-order valence-electron chi connectivity index (χ1n) is 7.84. The van der Waals surface area contributed by atoms with Gasteiger partial charge in [-0.15, -0.1) is 0 Å². The van der Waals surface area contributed by atoms with Gasteiger partial charge in [0.25, 0.3) is 5.91 Å². The van der Waals surface area contributed by atoms with Crippen molar-refractivity contribution in [3.63, 3.8) is 0 Å². The van der Waals surface area contributed by atoms with Gasteiger partial charge in [-0.05, 0) is 44.5 Å². The van der Waals surface area contributed by atoms with Crippen molar-refractivity contribution in [2.45, 2.75) is 32.4 Å². The van der Waals surface area contributed by atoms with E-state index < -0.39 is 6.09 Å². The van der Waals surface area contributed by atoms with Crippen molar-refractivity contribution in [3.05, 3.63) is 28.2 Å². The van der Waals surface area contributed by atoms with Gasteiger partial charge in [-0.25, -0.2) is 10.2 Å². The molecule has 8 heteroatoms. The van der Waals surface area contributed by atoms with E-state index in [4.69, 9.17) is 9.47 Å². The fraction of sp³-hybridized carbons (Fsp3) is 0.500. The minimum atomic E-state index is -0.663. The number of methoxy groups -OCH3 is 1. The number of carbonyl (C=O) groups excluding carboxylic acids is 2. The van der Waals surface area contributed by atoms with E-state index >= 15 is 0 Å². The molecule has 1 heterocycles. The summed E-state index contributed by atoms with van der Waals surface area (Å²) in [6.45, 7) is 3.36. The third-order valence-electron chi connectivity index (χ3n) is 3.85. The number of likely N-dealkylation sites (tertiary alicyclic amines) is 1. The number of benzene rings is 1. The predicted molar refractivity (Wildman–Crippen MR) is 92.4 cm³/mol. The molecule has 132 valence electrons. The second-order valence-electron chi connectivity index (χ2n) is 5.42. The van der Waals surface area contributed by atoms with Crippen molar-refractivity contribution >= 4 is 27.9 Å².